The molecule has 1 aliphatic heterocycles. The van der Waals surface area contributed by atoms with Crippen molar-refractivity contribution < 1.29 is 14.7 Å². The standard InChI is InChI=1S/C20H21N3O3/c1-22(2)12-13-23-17(15-10-6-7-11-21-15)16(19(25)20(23)26)18(24)14-8-4-3-5-9-14/h3-11,17,24H,12-13H2,1-2H3/b18-16+. The number of aromatic nitrogens is 1. The minimum absolute atomic E-state index is 0.0821. The van der Waals surface area contributed by atoms with Crippen molar-refractivity contribution in [2.24, 2.45) is 0 Å². The topological polar surface area (TPSA) is 73.7 Å². The van der Waals surface area contributed by atoms with Crippen LogP contribution in [0.2, 0.25) is 0 Å². The van der Waals surface area contributed by atoms with Gasteiger partial charge in [-0.1, -0.05) is 36.4 Å². The van der Waals surface area contributed by atoms with E-state index in [-0.39, 0.29) is 11.3 Å². The lowest BCUT2D eigenvalue weighted by Crippen LogP contribution is -2.35. The number of Topliss-reactive ketones (excluding diaryl/α,β-unsaturated/α-hetero) is 1. The number of rotatable bonds is 5. The van der Waals surface area contributed by atoms with E-state index in [1.54, 1.807) is 48.7 Å². The number of carbonyl (C=O) groups excluding carboxylic acids is 2. The Labute approximate surface area is 152 Å². The average Bonchev–Trinajstić information content (AvgIpc) is 2.91. The van der Waals surface area contributed by atoms with Gasteiger partial charge in [0, 0.05) is 24.8 Å². The van der Waals surface area contributed by atoms with Crippen molar-refractivity contribution in [2.75, 3.05) is 27.2 Å². The largest absolute Gasteiger partial charge is 0.507 e. The number of carbonyl (C=O) groups is 2. The summed E-state index contributed by atoms with van der Waals surface area (Å²) >= 11 is 0. The summed E-state index contributed by atoms with van der Waals surface area (Å²) in [4.78, 5) is 33.1. The lowest BCUT2D eigenvalue weighted by Gasteiger charge is -2.25. The molecule has 0 aliphatic carbocycles. The number of pyridine rings is 1. The van der Waals surface area contributed by atoms with Crippen LogP contribution in [-0.2, 0) is 9.59 Å². The molecule has 6 heteroatoms. The van der Waals surface area contributed by atoms with Gasteiger partial charge in [0.2, 0.25) is 0 Å². The van der Waals surface area contributed by atoms with Gasteiger partial charge in [-0.15, -0.1) is 0 Å². The third kappa shape index (κ3) is 3.36. The second-order valence-corrected chi connectivity index (χ2v) is 6.42. The van der Waals surface area contributed by atoms with Gasteiger partial charge >= 0.3 is 0 Å². The summed E-state index contributed by atoms with van der Waals surface area (Å²) in [6.07, 6.45) is 1.61. The van der Waals surface area contributed by atoms with Gasteiger partial charge in [0.15, 0.2) is 0 Å². The van der Waals surface area contributed by atoms with E-state index in [4.69, 9.17) is 0 Å². The third-order valence-corrected chi connectivity index (χ3v) is 4.34. The molecule has 0 saturated carbocycles. The molecule has 1 saturated heterocycles. The molecule has 134 valence electrons. The molecule has 1 N–H and O–H groups in total. The van der Waals surface area contributed by atoms with Crippen LogP contribution < -0.4 is 0 Å². The molecule has 6 nitrogen and oxygen atoms in total. The van der Waals surface area contributed by atoms with Gasteiger partial charge in [-0.05, 0) is 26.2 Å². The van der Waals surface area contributed by atoms with Crippen LogP contribution in [0.3, 0.4) is 0 Å². The lowest BCUT2D eigenvalue weighted by atomic mass is 9.98. The number of likely N-dealkylation sites (tertiary alicyclic amines) is 1. The second-order valence-electron chi connectivity index (χ2n) is 6.42. The maximum Gasteiger partial charge on any atom is 0.295 e. The van der Waals surface area contributed by atoms with Crippen LogP contribution >= 0.6 is 0 Å². The van der Waals surface area contributed by atoms with Crippen molar-refractivity contribution in [1.82, 2.24) is 14.8 Å². The van der Waals surface area contributed by atoms with Crippen molar-refractivity contribution >= 4 is 17.4 Å². The Hall–Kier alpha value is -2.99. The van der Waals surface area contributed by atoms with Gasteiger partial charge in [-0.3, -0.25) is 14.6 Å². The van der Waals surface area contributed by atoms with Crippen molar-refractivity contribution in [2.45, 2.75) is 6.04 Å². The van der Waals surface area contributed by atoms with Gasteiger partial charge in [0.05, 0.1) is 11.3 Å². The molecule has 2 heterocycles. The summed E-state index contributed by atoms with van der Waals surface area (Å²) in [5.74, 6) is -1.47. The number of nitrogens with zero attached hydrogens (tertiary/aromatic N) is 3. The van der Waals surface area contributed by atoms with E-state index in [0.717, 1.165) is 0 Å². The molecular formula is C20H21N3O3. The molecular weight excluding hydrogens is 330 g/mol. The highest BCUT2D eigenvalue weighted by Crippen LogP contribution is 2.38. The van der Waals surface area contributed by atoms with Crippen molar-refractivity contribution in [3.63, 3.8) is 0 Å². The molecule has 1 aliphatic rings. The fourth-order valence-electron chi connectivity index (χ4n) is 3.02. The smallest absolute Gasteiger partial charge is 0.295 e. The molecule has 1 amide bonds. The first-order chi connectivity index (χ1) is 12.5. The number of aliphatic hydroxyl groups is 1. The molecule has 3 rings (SSSR count). The molecule has 26 heavy (non-hydrogen) atoms. The molecule has 0 bridgehead atoms. The second kappa shape index (κ2) is 7.49. The van der Waals surface area contributed by atoms with Crippen LogP contribution in [0.4, 0.5) is 0 Å². The molecule has 2 aromatic rings. The van der Waals surface area contributed by atoms with Crippen LogP contribution in [0, 0.1) is 0 Å². The predicted molar refractivity (Wildman–Crippen MR) is 98.2 cm³/mol. The number of ketones is 1. The monoisotopic (exact) mass is 351 g/mol. The molecule has 0 spiro atoms. The van der Waals surface area contributed by atoms with E-state index in [0.29, 0.717) is 24.3 Å². The zero-order valence-corrected chi connectivity index (χ0v) is 14.8. The van der Waals surface area contributed by atoms with Gasteiger partial charge in [0.1, 0.15) is 11.8 Å². The van der Waals surface area contributed by atoms with E-state index >= 15 is 0 Å². The van der Waals surface area contributed by atoms with Crippen molar-refractivity contribution in [1.29, 1.82) is 0 Å². The maximum absolute atomic E-state index is 12.7. The van der Waals surface area contributed by atoms with Gasteiger partial charge in [-0.25, -0.2) is 0 Å². The van der Waals surface area contributed by atoms with Crippen molar-refractivity contribution in [3.8, 4) is 0 Å². The summed E-state index contributed by atoms with van der Waals surface area (Å²) in [6, 6.07) is 13.4. The van der Waals surface area contributed by atoms with E-state index in [9.17, 15) is 14.7 Å². The summed E-state index contributed by atoms with van der Waals surface area (Å²) < 4.78 is 0. The fraction of sp³-hybridized carbons (Fsp3) is 0.250. The Morgan fingerprint density at radius 1 is 1.12 bits per heavy atom. The number of aliphatic hydroxyl groups excluding tert-OH is 1. The molecule has 1 atom stereocenters. The van der Waals surface area contributed by atoms with Crippen LogP contribution in [0.25, 0.3) is 5.76 Å². The number of benzene rings is 1. The summed E-state index contributed by atoms with van der Waals surface area (Å²) in [6.45, 7) is 0.964. The molecule has 1 aromatic heterocycles. The predicted octanol–water partition coefficient (Wildman–Crippen LogP) is 2.06. The number of likely N-dealkylation sites (N-methyl/N-ethyl adjacent to an activating group) is 1. The van der Waals surface area contributed by atoms with Gasteiger partial charge in [0.25, 0.3) is 11.7 Å². The SMILES string of the molecule is CN(C)CCN1C(=O)C(=O)/C(=C(/O)c2ccccc2)C1c1ccccn1. The summed E-state index contributed by atoms with van der Waals surface area (Å²) in [7, 11) is 3.80. The van der Waals surface area contributed by atoms with Crippen LogP contribution in [0.1, 0.15) is 17.3 Å². The van der Waals surface area contributed by atoms with Gasteiger partial charge in [-0.2, -0.15) is 0 Å². The van der Waals surface area contributed by atoms with E-state index < -0.39 is 17.7 Å². The van der Waals surface area contributed by atoms with E-state index in [2.05, 4.69) is 4.98 Å². The van der Waals surface area contributed by atoms with Crippen LogP contribution in [-0.4, -0.2) is 58.8 Å². The highest BCUT2D eigenvalue weighted by atomic mass is 16.3. The maximum atomic E-state index is 12.7. The number of amides is 1. The van der Waals surface area contributed by atoms with Crippen LogP contribution in [0.5, 0.6) is 0 Å². The quantitative estimate of drug-likeness (QED) is 0.507. The third-order valence-electron chi connectivity index (χ3n) is 4.34. The zero-order chi connectivity index (χ0) is 18.7. The van der Waals surface area contributed by atoms with Crippen LogP contribution in [0.15, 0.2) is 60.3 Å². The lowest BCUT2D eigenvalue weighted by molar-refractivity contribution is -0.140. The Bertz CT molecular complexity index is 832. The highest BCUT2D eigenvalue weighted by Gasteiger charge is 2.46. The molecule has 1 fully saturated rings. The fourth-order valence-corrected chi connectivity index (χ4v) is 3.02. The first-order valence-electron chi connectivity index (χ1n) is 8.40. The molecule has 1 aromatic carbocycles. The van der Waals surface area contributed by atoms with Gasteiger partial charge < -0.3 is 14.9 Å². The Balaban J connectivity index is 2.12. The summed E-state index contributed by atoms with van der Waals surface area (Å²) in [5.41, 5.74) is 1.14. The minimum atomic E-state index is -0.698. The van der Waals surface area contributed by atoms with E-state index in [1.165, 1.54) is 4.90 Å². The van der Waals surface area contributed by atoms with Crippen molar-refractivity contribution in [3.05, 3.63) is 71.6 Å². The number of hydrogen-bond donors (Lipinski definition) is 1. The first-order valence-corrected chi connectivity index (χ1v) is 8.40. The van der Waals surface area contributed by atoms with E-state index in [1.807, 2.05) is 25.1 Å². The number of hydrogen-bond acceptors (Lipinski definition) is 5. The average molecular weight is 351 g/mol. The zero-order valence-electron chi connectivity index (χ0n) is 14.8. The first kappa shape index (κ1) is 17.8. The molecule has 0 radical (unpaired) electrons. The Morgan fingerprint density at radius 2 is 1.81 bits per heavy atom. The Morgan fingerprint density at radius 3 is 2.42 bits per heavy atom. The highest BCUT2D eigenvalue weighted by molar-refractivity contribution is 6.46. The summed E-state index contributed by atoms with van der Waals surface area (Å²) in [5, 5.41) is 10.8. The Kier molecular flexibility index (Phi) is 5.14. The molecule has 1 unspecified atom stereocenters. The normalized spacial score (nSPS) is 19.3. The minimum Gasteiger partial charge on any atom is -0.507 e.